The van der Waals surface area contributed by atoms with Crippen molar-refractivity contribution in [2.45, 2.75) is 20.3 Å². The van der Waals surface area contributed by atoms with E-state index in [1.807, 2.05) is 6.07 Å². The van der Waals surface area contributed by atoms with Gasteiger partial charge in [0, 0.05) is 12.5 Å². The Hall–Kier alpha value is -1.37. The molecule has 0 N–H and O–H groups in total. The van der Waals surface area contributed by atoms with Crippen molar-refractivity contribution in [3.63, 3.8) is 0 Å². The molecule has 0 spiro atoms. The van der Waals surface area contributed by atoms with Crippen molar-refractivity contribution in [3.05, 3.63) is 0 Å². The number of carbonyl (C=O) groups is 2. The predicted octanol–water partition coefficient (Wildman–Crippen LogP) is 0.541. The van der Waals surface area contributed by atoms with Gasteiger partial charge in [-0.15, -0.1) is 0 Å². The maximum absolute atomic E-state index is 11.4. The first-order valence-corrected chi connectivity index (χ1v) is 4.32. The SMILES string of the molecule is CC(C)C(=O)N1CC[C@H](C#N)C1=O. The van der Waals surface area contributed by atoms with E-state index in [0.717, 1.165) is 0 Å². The van der Waals surface area contributed by atoms with E-state index in [-0.39, 0.29) is 17.7 Å². The van der Waals surface area contributed by atoms with Crippen molar-refractivity contribution in [3.8, 4) is 6.07 Å². The number of rotatable bonds is 1. The Balaban J connectivity index is 2.72. The lowest BCUT2D eigenvalue weighted by Gasteiger charge is -2.15. The van der Waals surface area contributed by atoms with Crippen LogP contribution in [0.1, 0.15) is 20.3 Å². The van der Waals surface area contributed by atoms with Crippen LogP contribution in [0.5, 0.6) is 0 Å². The van der Waals surface area contributed by atoms with Gasteiger partial charge in [0.05, 0.1) is 6.07 Å². The lowest BCUT2D eigenvalue weighted by molar-refractivity contribution is -0.144. The minimum absolute atomic E-state index is 0.178. The third-order valence-electron chi connectivity index (χ3n) is 2.12. The number of hydrogen-bond acceptors (Lipinski definition) is 3. The molecule has 0 radical (unpaired) electrons. The number of amides is 2. The Labute approximate surface area is 77.1 Å². The van der Waals surface area contributed by atoms with Gasteiger partial charge in [-0.05, 0) is 6.42 Å². The molecule has 4 nitrogen and oxygen atoms in total. The quantitative estimate of drug-likeness (QED) is 0.591. The van der Waals surface area contributed by atoms with Crippen LogP contribution >= 0.6 is 0 Å². The standard InChI is InChI=1S/C9H12N2O2/c1-6(2)8(12)11-4-3-7(5-10)9(11)13/h6-7H,3-4H2,1-2H3/t7-/m1/s1. The normalized spacial score (nSPS) is 22.2. The fourth-order valence-corrected chi connectivity index (χ4v) is 1.33. The van der Waals surface area contributed by atoms with E-state index in [1.165, 1.54) is 4.90 Å². The summed E-state index contributed by atoms with van der Waals surface area (Å²) < 4.78 is 0. The van der Waals surface area contributed by atoms with Crippen molar-refractivity contribution in [2.24, 2.45) is 11.8 Å². The molecule has 1 aliphatic rings. The van der Waals surface area contributed by atoms with Gasteiger partial charge in [-0.1, -0.05) is 13.8 Å². The van der Waals surface area contributed by atoms with E-state index < -0.39 is 5.92 Å². The topological polar surface area (TPSA) is 61.2 Å². The zero-order valence-corrected chi connectivity index (χ0v) is 7.78. The maximum Gasteiger partial charge on any atom is 0.246 e. The van der Waals surface area contributed by atoms with Gasteiger partial charge in [0.15, 0.2) is 0 Å². The zero-order chi connectivity index (χ0) is 10.0. The first-order chi connectivity index (χ1) is 6.07. The lowest BCUT2D eigenvalue weighted by Crippen LogP contribution is -2.36. The molecule has 13 heavy (non-hydrogen) atoms. The van der Waals surface area contributed by atoms with E-state index >= 15 is 0 Å². The Morgan fingerprint density at radius 3 is 2.69 bits per heavy atom. The summed E-state index contributed by atoms with van der Waals surface area (Å²) in [5.74, 6) is -1.30. The molecule has 0 unspecified atom stereocenters. The average molecular weight is 180 g/mol. The van der Waals surface area contributed by atoms with Crippen LogP contribution in [0.2, 0.25) is 0 Å². The third-order valence-corrected chi connectivity index (χ3v) is 2.12. The van der Waals surface area contributed by atoms with Crippen LogP contribution in [0.25, 0.3) is 0 Å². The molecule has 0 saturated carbocycles. The van der Waals surface area contributed by atoms with Crippen LogP contribution in [0.3, 0.4) is 0 Å². The van der Waals surface area contributed by atoms with E-state index in [0.29, 0.717) is 13.0 Å². The summed E-state index contributed by atoms with van der Waals surface area (Å²) in [7, 11) is 0. The van der Waals surface area contributed by atoms with Crippen LogP contribution in [-0.2, 0) is 9.59 Å². The Kier molecular flexibility index (Phi) is 2.66. The number of hydrogen-bond donors (Lipinski definition) is 0. The van der Waals surface area contributed by atoms with Gasteiger partial charge in [-0.2, -0.15) is 5.26 Å². The van der Waals surface area contributed by atoms with Crippen molar-refractivity contribution >= 4 is 11.8 Å². The Bertz CT molecular complexity index is 278. The first kappa shape index (κ1) is 9.72. The van der Waals surface area contributed by atoms with Gasteiger partial charge in [0.1, 0.15) is 5.92 Å². The highest BCUT2D eigenvalue weighted by molar-refractivity contribution is 5.99. The summed E-state index contributed by atoms with van der Waals surface area (Å²) in [6.07, 6.45) is 0.480. The van der Waals surface area contributed by atoms with Crippen molar-refractivity contribution in [1.82, 2.24) is 4.90 Å². The Morgan fingerprint density at radius 2 is 2.31 bits per heavy atom. The molecule has 4 heteroatoms. The predicted molar refractivity (Wildman–Crippen MR) is 45.3 cm³/mol. The molecule has 1 fully saturated rings. The average Bonchev–Trinajstić information content (AvgIpc) is 2.45. The molecule has 70 valence electrons. The van der Waals surface area contributed by atoms with Gasteiger partial charge in [-0.3, -0.25) is 14.5 Å². The highest BCUT2D eigenvalue weighted by Crippen LogP contribution is 2.18. The maximum atomic E-state index is 11.4. The summed E-state index contributed by atoms with van der Waals surface area (Å²) in [5, 5.41) is 8.57. The minimum Gasteiger partial charge on any atom is -0.281 e. The number of imide groups is 1. The Morgan fingerprint density at radius 1 is 1.69 bits per heavy atom. The summed E-state index contributed by atoms with van der Waals surface area (Å²) in [5.41, 5.74) is 0. The van der Waals surface area contributed by atoms with Gasteiger partial charge in [-0.25, -0.2) is 0 Å². The summed E-state index contributed by atoms with van der Waals surface area (Å²) in [4.78, 5) is 24.0. The number of nitriles is 1. The van der Waals surface area contributed by atoms with Gasteiger partial charge < -0.3 is 0 Å². The van der Waals surface area contributed by atoms with Crippen LogP contribution < -0.4 is 0 Å². The fourth-order valence-electron chi connectivity index (χ4n) is 1.33. The molecular weight excluding hydrogens is 168 g/mol. The van der Waals surface area contributed by atoms with Crippen molar-refractivity contribution in [1.29, 1.82) is 5.26 Å². The molecule has 0 bridgehead atoms. The fraction of sp³-hybridized carbons (Fsp3) is 0.667. The molecular formula is C9H12N2O2. The molecule has 0 aromatic heterocycles. The molecule has 1 aliphatic heterocycles. The second-order valence-corrected chi connectivity index (χ2v) is 3.45. The van der Waals surface area contributed by atoms with Crippen LogP contribution in [-0.4, -0.2) is 23.3 Å². The van der Waals surface area contributed by atoms with Gasteiger partial charge in [0.25, 0.3) is 0 Å². The molecule has 1 heterocycles. The van der Waals surface area contributed by atoms with Crippen LogP contribution in [0.15, 0.2) is 0 Å². The van der Waals surface area contributed by atoms with Crippen LogP contribution in [0, 0.1) is 23.2 Å². The molecule has 0 aromatic rings. The van der Waals surface area contributed by atoms with E-state index in [9.17, 15) is 9.59 Å². The first-order valence-electron chi connectivity index (χ1n) is 4.32. The smallest absolute Gasteiger partial charge is 0.246 e. The largest absolute Gasteiger partial charge is 0.281 e. The van der Waals surface area contributed by atoms with E-state index in [2.05, 4.69) is 0 Å². The highest BCUT2D eigenvalue weighted by atomic mass is 16.2. The second kappa shape index (κ2) is 3.56. The molecule has 0 aliphatic carbocycles. The van der Waals surface area contributed by atoms with Crippen LogP contribution in [0.4, 0.5) is 0 Å². The molecule has 1 rings (SSSR count). The summed E-state index contributed by atoms with van der Waals surface area (Å²) in [6.45, 7) is 3.89. The zero-order valence-electron chi connectivity index (χ0n) is 7.78. The van der Waals surface area contributed by atoms with E-state index in [1.54, 1.807) is 13.8 Å². The summed E-state index contributed by atoms with van der Waals surface area (Å²) in [6, 6.07) is 1.89. The van der Waals surface area contributed by atoms with Crippen molar-refractivity contribution < 1.29 is 9.59 Å². The number of carbonyl (C=O) groups excluding carboxylic acids is 2. The summed E-state index contributed by atoms with van der Waals surface area (Å²) >= 11 is 0. The minimum atomic E-state index is -0.609. The van der Waals surface area contributed by atoms with Crippen molar-refractivity contribution in [2.75, 3.05) is 6.54 Å². The molecule has 0 aromatic carbocycles. The molecule has 1 atom stereocenters. The highest BCUT2D eigenvalue weighted by Gasteiger charge is 2.36. The molecule has 1 saturated heterocycles. The monoisotopic (exact) mass is 180 g/mol. The van der Waals surface area contributed by atoms with Gasteiger partial charge in [0.2, 0.25) is 11.8 Å². The number of likely N-dealkylation sites (tertiary alicyclic amines) is 1. The van der Waals surface area contributed by atoms with Gasteiger partial charge >= 0.3 is 0 Å². The van der Waals surface area contributed by atoms with E-state index in [4.69, 9.17) is 5.26 Å². The lowest BCUT2D eigenvalue weighted by atomic mass is 10.1. The third kappa shape index (κ3) is 1.69. The second-order valence-electron chi connectivity index (χ2n) is 3.45. The molecule has 2 amide bonds. The number of nitrogens with zero attached hydrogens (tertiary/aromatic N) is 2.